The van der Waals surface area contributed by atoms with E-state index >= 15 is 0 Å². The molecule has 1 atom stereocenters. The minimum absolute atomic E-state index is 0.121. The summed E-state index contributed by atoms with van der Waals surface area (Å²) < 4.78 is 0. The van der Waals surface area contributed by atoms with E-state index in [9.17, 15) is 15.3 Å². The highest BCUT2D eigenvalue weighted by Crippen LogP contribution is 2.28. The van der Waals surface area contributed by atoms with Gasteiger partial charge in [0.15, 0.2) is 0 Å². The molecule has 1 heterocycles. The Kier molecular flexibility index (Phi) is 4.52. The molecule has 2 aromatic rings. The maximum Gasteiger partial charge on any atom is 0.283 e. The third-order valence-electron chi connectivity index (χ3n) is 4.15. The second-order valence-electron chi connectivity index (χ2n) is 6.11. The van der Waals surface area contributed by atoms with Gasteiger partial charge in [0.25, 0.3) is 11.4 Å². The molecule has 0 radical (unpaired) electrons. The van der Waals surface area contributed by atoms with Crippen LogP contribution in [0.15, 0.2) is 54.6 Å². The maximum atomic E-state index is 12.1. The first kappa shape index (κ1) is 16.7. The molecule has 0 aromatic heterocycles. The van der Waals surface area contributed by atoms with Gasteiger partial charge in [0.05, 0.1) is 23.0 Å². The zero-order valence-corrected chi connectivity index (χ0v) is 14.0. The van der Waals surface area contributed by atoms with E-state index < -0.39 is 11.0 Å². The van der Waals surface area contributed by atoms with Crippen molar-refractivity contribution in [3.8, 4) is 0 Å². The Bertz CT molecular complexity index is 852. The van der Waals surface area contributed by atoms with Crippen molar-refractivity contribution in [3.63, 3.8) is 0 Å². The van der Waals surface area contributed by atoms with E-state index in [0.29, 0.717) is 10.5 Å². The Balaban J connectivity index is 1.87. The average Bonchev–Trinajstić information content (AvgIpc) is 2.95. The molecule has 0 bridgehead atoms. The highest BCUT2D eigenvalue weighted by Gasteiger charge is 2.30. The molecule has 1 unspecified atom stereocenters. The quantitative estimate of drug-likeness (QED) is 0.480. The molecule has 1 aliphatic rings. The summed E-state index contributed by atoms with van der Waals surface area (Å²) in [5.74, 6) is 0. The van der Waals surface area contributed by atoms with E-state index in [4.69, 9.17) is 4.84 Å². The first-order chi connectivity index (χ1) is 11.9. The number of hydrogen-bond acceptors (Lipinski definition) is 4. The molecular formula is C19H18N2O4. The lowest BCUT2D eigenvalue weighted by Gasteiger charge is -2.11. The molecule has 6 heteroatoms. The lowest BCUT2D eigenvalue weighted by atomic mass is 10.0. The Morgan fingerprint density at radius 1 is 1.12 bits per heavy atom. The van der Waals surface area contributed by atoms with Gasteiger partial charge in [-0.15, -0.1) is 0 Å². The fraction of sp³-hybridized carbons (Fsp3) is 0.211. The zero-order valence-electron chi connectivity index (χ0n) is 14.0. The summed E-state index contributed by atoms with van der Waals surface area (Å²) in [6.45, 7) is 3.88. The van der Waals surface area contributed by atoms with E-state index in [1.807, 2.05) is 38.1 Å². The number of nitrogens with zero attached hydrogens (tertiary/aromatic N) is 2. The van der Waals surface area contributed by atoms with E-state index in [1.54, 1.807) is 24.3 Å². The van der Waals surface area contributed by atoms with Gasteiger partial charge in [-0.05, 0) is 31.5 Å². The summed E-state index contributed by atoms with van der Waals surface area (Å²) in [4.78, 5) is 16.6. The third-order valence-corrected chi connectivity index (χ3v) is 4.15. The first-order valence-electron chi connectivity index (χ1n) is 7.93. The molecule has 0 spiro atoms. The largest absolute Gasteiger partial charge is 0.394 e. The summed E-state index contributed by atoms with van der Waals surface area (Å²) in [5, 5.41) is 23.5. The molecule has 0 fully saturated rings. The van der Waals surface area contributed by atoms with E-state index in [0.717, 1.165) is 16.7 Å². The third kappa shape index (κ3) is 3.68. The predicted molar refractivity (Wildman–Crippen MR) is 94.4 cm³/mol. The van der Waals surface area contributed by atoms with Gasteiger partial charge in [0.2, 0.25) is 0 Å². The van der Waals surface area contributed by atoms with Crippen LogP contribution in [-0.2, 0) is 4.84 Å². The molecule has 0 saturated carbocycles. The van der Waals surface area contributed by atoms with Crippen molar-refractivity contribution >= 4 is 11.4 Å². The predicted octanol–water partition coefficient (Wildman–Crippen LogP) is 3.95. The molecule has 0 saturated heterocycles. The molecule has 25 heavy (non-hydrogen) atoms. The van der Waals surface area contributed by atoms with Gasteiger partial charge in [0, 0.05) is 4.90 Å². The molecule has 0 N–H and O–H groups in total. The molecule has 0 aliphatic carbocycles. The highest BCUT2D eigenvalue weighted by atomic mass is 16.9. The SMILES string of the molecule is Cc1ccc(/C(=C\C2=[N+]([O-])OC(c3ccc(C)cc3)C2)[N+](=O)[O-])cc1. The molecular weight excluding hydrogens is 320 g/mol. The van der Waals surface area contributed by atoms with Crippen molar-refractivity contribution in [1.82, 2.24) is 0 Å². The minimum Gasteiger partial charge on any atom is -0.394 e. The zero-order chi connectivity index (χ0) is 18.0. The van der Waals surface area contributed by atoms with Crippen LogP contribution in [0.3, 0.4) is 0 Å². The van der Waals surface area contributed by atoms with Gasteiger partial charge >= 0.3 is 0 Å². The molecule has 2 aromatic carbocycles. The smallest absolute Gasteiger partial charge is 0.283 e. The fourth-order valence-electron chi connectivity index (χ4n) is 2.68. The van der Waals surface area contributed by atoms with Crippen molar-refractivity contribution in [2.75, 3.05) is 0 Å². The standard InChI is InChI=1S/C19H18N2O4/c1-13-3-7-15(8-4-13)18(20(22)23)11-17-12-19(25-21(17)24)16-9-5-14(2)6-10-16/h3-11,19H,12H2,1-2H3/b18-11+. The number of hydrogen-bond donors (Lipinski definition) is 0. The second-order valence-corrected chi connectivity index (χ2v) is 6.11. The number of allylic oxidation sites excluding steroid dienone is 1. The lowest BCUT2D eigenvalue weighted by Crippen LogP contribution is -2.07. The summed E-state index contributed by atoms with van der Waals surface area (Å²) in [7, 11) is 0. The lowest BCUT2D eigenvalue weighted by molar-refractivity contribution is -0.742. The molecule has 1 aliphatic heterocycles. The first-order valence-corrected chi connectivity index (χ1v) is 7.93. The average molecular weight is 338 g/mol. The van der Waals surface area contributed by atoms with Gasteiger partial charge in [-0.1, -0.05) is 47.5 Å². The number of nitro groups is 1. The Morgan fingerprint density at radius 3 is 2.24 bits per heavy atom. The van der Waals surface area contributed by atoms with Crippen LogP contribution in [0, 0.1) is 29.2 Å². The van der Waals surface area contributed by atoms with Crippen molar-refractivity contribution in [2.24, 2.45) is 0 Å². The fourth-order valence-corrected chi connectivity index (χ4v) is 2.68. The van der Waals surface area contributed by atoms with Gasteiger partial charge in [-0.25, -0.2) is 0 Å². The minimum atomic E-state index is -0.481. The summed E-state index contributed by atoms with van der Waals surface area (Å²) in [6, 6.07) is 14.6. The van der Waals surface area contributed by atoms with E-state index in [-0.39, 0.29) is 17.8 Å². The number of benzene rings is 2. The summed E-state index contributed by atoms with van der Waals surface area (Å²) in [5.41, 5.74) is 3.55. The van der Waals surface area contributed by atoms with E-state index in [1.165, 1.54) is 6.08 Å². The van der Waals surface area contributed by atoms with Crippen molar-refractivity contribution < 1.29 is 14.7 Å². The van der Waals surface area contributed by atoms with Crippen LogP contribution >= 0.6 is 0 Å². The van der Waals surface area contributed by atoms with Crippen LogP contribution in [0.1, 0.15) is 34.8 Å². The van der Waals surface area contributed by atoms with E-state index in [2.05, 4.69) is 0 Å². The van der Waals surface area contributed by atoms with Crippen molar-refractivity contribution in [2.45, 2.75) is 26.4 Å². The highest BCUT2D eigenvalue weighted by molar-refractivity contribution is 5.97. The van der Waals surface area contributed by atoms with Crippen LogP contribution in [0.2, 0.25) is 0 Å². The number of aryl methyl sites for hydroxylation is 2. The molecule has 0 amide bonds. The summed E-state index contributed by atoms with van der Waals surface area (Å²) in [6.07, 6.45) is 1.15. The van der Waals surface area contributed by atoms with Crippen molar-refractivity contribution in [3.05, 3.63) is 92.2 Å². The molecule has 6 nitrogen and oxygen atoms in total. The van der Waals surface area contributed by atoms with Crippen LogP contribution in [0.4, 0.5) is 0 Å². The maximum absolute atomic E-state index is 12.1. The van der Waals surface area contributed by atoms with Gasteiger partial charge in [0.1, 0.15) is 6.10 Å². The van der Waals surface area contributed by atoms with Gasteiger partial charge < -0.3 is 4.84 Å². The Labute approximate surface area is 145 Å². The normalized spacial score (nSPS) is 17.5. The van der Waals surface area contributed by atoms with Crippen LogP contribution in [0.5, 0.6) is 0 Å². The molecule has 128 valence electrons. The summed E-state index contributed by atoms with van der Waals surface area (Å²) >= 11 is 0. The van der Waals surface area contributed by atoms with Crippen LogP contribution in [0.25, 0.3) is 5.70 Å². The number of rotatable bonds is 4. The topological polar surface area (TPSA) is 78.4 Å². The van der Waals surface area contributed by atoms with Crippen molar-refractivity contribution in [1.29, 1.82) is 0 Å². The van der Waals surface area contributed by atoms with Gasteiger partial charge in [-0.2, -0.15) is 0 Å². The Morgan fingerprint density at radius 2 is 1.68 bits per heavy atom. The van der Waals surface area contributed by atoms with Gasteiger partial charge in [-0.3, -0.25) is 15.3 Å². The van der Waals surface area contributed by atoms with Crippen LogP contribution < -0.4 is 0 Å². The van der Waals surface area contributed by atoms with Crippen LogP contribution in [-0.4, -0.2) is 15.5 Å². The second kappa shape index (κ2) is 6.76. The Hall–Kier alpha value is -3.15. The monoisotopic (exact) mass is 338 g/mol. The molecule has 3 rings (SSSR count).